The van der Waals surface area contributed by atoms with Gasteiger partial charge < -0.3 is 15.0 Å². The summed E-state index contributed by atoms with van der Waals surface area (Å²) < 4.78 is 5.49. The minimum absolute atomic E-state index is 0.0254. The van der Waals surface area contributed by atoms with Crippen molar-refractivity contribution < 1.29 is 14.3 Å². The molecule has 1 saturated heterocycles. The SMILES string of the molecule is COc1ccccc1[C@@H]1CN(C(=O)C(C)C)C[C@H]1C(=O)NC1CC1. The molecule has 5 heteroatoms. The highest BCUT2D eigenvalue weighted by molar-refractivity contribution is 5.84. The van der Waals surface area contributed by atoms with Gasteiger partial charge in [-0.25, -0.2) is 0 Å². The first-order chi connectivity index (χ1) is 11.5. The zero-order valence-corrected chi connectivity index (χ0v) is 14.6. The molecule has 2 fully saturated rings. The fourth-order valence-corrected chi connectivity index (χ4v) is 3.44. The van der Waals surface area contributed by atoms with Crippen molar-refractivity contribution >= 4 is 11.8 Å². The van der Waals surface area contributed by atoms with E-state index in [0.717, 1.165) is 24.2 Å². The van der Waals surface area contributed by atoms with Crippen LogP contribution in [0.25, 0.3) is 0 Å². The Morgan fingerprint density at radius 1 is 1.21 bits per heavy atom. The van der Waals surface area contributed by atoms with E-state index in [-0.39, 0.29) is 29.6 Å². The molecular formula is C19H26N2O3. The number of para-hydroxylation sites is 1. The van der Waals surface area contributed by atoms with Gasteiger partial charge in [-0.1, -0.05) is 32.0 Å². The van der Waals surface area contributed by atoms with Crippen LogP contribution < -0.4 is 10.1 Å². The third-order valence-electron chi connectivity index (χ3n) is 4.92. The molecule has 130 valence electrons. The van der Waals surface area contributed by atoms with Gasteiger partial charge in [0.25, 0.3) is 0 Å². The van der Waals surface area contributed by atoms with E-state index in [0.29, 0.717) is 19.1 Å². The van der Waals surface area contributed by atoms with E-state index in [9.17, 15) is 9.59 Å². The van der Waals surface area contributed by atoms with Crippen LogP contribution in [0.15, 0.2) is 24.3 Å². The smallest absolute Gasteiger partial charge is 0.225 e. The number of ether oxygens (including phenoxy) is 1. The number of benzene rings is 1. The van der Waals surface area contributed by atoms with Crippen LogP contribution in [0.2, 0.25) is 0 Å². The second kappa shape index (κ2) is 6.83. The van der Waals surface area contributed by atoms with E-state index in [1.807, 2.05) is 43.0 Å². The Balaban J connectivity index is 1.87. The molecule has 1 saturated carbocycles. The number of hydrogen-bond donors (Lipinski definition) is 1. The van der Waals surface area contributed by atoms with Gasteiger partial charge in [0.15, 0.2) is 0 Å². The number of likely N-dealkylation sites (tertiary alicyclic amines) is 1. The highest BCUT2D eigenvalue weighted by atomic mass is 16.5. The van der Waals surface area contributed by atoms with Crippen LogP contribution >= 0.6 is 0 Å². The molecule has 1 aromatic carbocycles. The number of rotatable bonds is 5. The minimum atomic E-state index is -0.218. The van der Waals surface area contributed by atoms with Crippen molar-refractivity contribution in [3.63, 3.8) is 0 Å². The predicted octanol–water partition coefficient (Wildman–Crippen LogP) is 2.17. The standard InChI is InChI=1S/C19H26N2O3/c1-12(2)19(23)21-10-15(14-6-4-5-7-17(14)24-3)16(11-21)18(22)20-13-8-9-13/h4-7,12-13,15-16H,8-11H2,1-3H3,(H,20,22)/t15-,16+/m0/s1. The molecule has 2 amide bonds. The van der Waals surface area contributed by atoms with Crippen molar-refractivity contribution in [1.82, 2.24) is 10.2 Å². The van der Waals surface area contributed by atoms with Crippen molar-refractivity contribution in [3.05, 3.63) is 29.8 Å². The maximum Gasteiger partial charge on any atom is 0.225 e. The Labute approximate surface area is 143 Å². The average molecular weight is 330 g/mol. The first kappa shape index (κ1) is 16.8. The minimum Gasteiger partial charge on any atom is -0.496 e. The van der Waals surface area contributed by atoms with Crippen LogP contribution in [0.5, 0.6) is 5.75 Å². The summed E-state index contributed by atoms with van der Waals surface area (Å²) in [4.78, 5) is 27.0. The Morgan fingerprint density at radius 2 is 1.92 bits per heavy atom. The maximum absolute atomic E-state index is 12.7. The Kier molecular flexibility index (Phi) is 4.78. The van der Waals surface area contributed by atoms with Crippen LogP contribution in [-0.2, 0) is 9.59 Å². The number of amides is 2. The lowest BCUT2D eigenvalue weighted by atomic mass is 9.87. The van der Waals surface area contributed by atoms with E-state index >= 15 is 0 Å². The van der Waals surface area contributed by atoms with Gasteiger partial charge in [0.1, 0.15) is 5.75 Å². The molecule has 1 aliphatic carbocycles. The lowest BCUT2D eigenvalue weighted by Crippen LogP contribution is -2.37. The van der Waals surface area contributed by atoms with Crippen molar-refractivity contribution in [2.75, 3.05) is 20.2 Å². The number of nitrogens with zero attached hydrogens (tertiary/aromatic N) is 1. The lowest BCUT2D eigenvalue weighted by molar-refractivity contribution is -0.133. The zero-order chi connectivity index (χ0) is 17.3. The molecular weight excluding hydrogens is 304 g/mol. The highest BCUT2D eigenvalue weighted by Gasteiger charge is 2.42. The lowest BCUT2D eigenvalue weighted by Gasteiger charge is -2.20. The molecule has 24 heavy (non-hydrogen) atoms. The number of carbonyl (C=O) groups excluding carboxylic acids is 2. The number of carbonyl (C=O) groups is 2. The number of methoxy groups -OCH3 is 1. The first-order valence-electron chi connectivity index (χ1n) is 8.73. The van der Waals surface area contributed by atoms with E-state index < -0.39 is 0 Å². The molecule has 5 nitrogen and oxygen atoms in total. The Bertz CT molecular complexity index is 625. The summed E-state index contributed by atoms with van der Waals surface area (Å²) in [7, 11) is 1.64. The quantitative estimate of drug-likeness (QED) is 0.900. The molecule has 0 aromatic heterocycles. The average Bonchev–Trinajstić information content (AvgIpc) is 3.28. The second-order valence-corrected chi connectivity index (χ2v) is 7.14. The second-order valence-electron chi connectivity index (χ2n) is 7.14. The van der Waals surface area contributed by atoms with Crippen LogP contribution in [0.1, 0.15) is 38.2 Å². The van der Waals surface area contributed by atoms with Gasteiger partial charge in [-0.3, -0.25) is 9.59 Å². The summed E-state index contributed by atoms with van der Waals surface area (Å²) in [6, 6.07) is 8.13. The first-order valence-corrected chi connectivity index (χ1v) is 8.73. The number of hydrogen-bond acceptors (Lipinski definition) is 3. The molecule has 2 atom stereocenters. The van der Waals surface area contributed by atoms with Crippen LogP contribution in [0.3, 0.4) is 0 Å². The van der Waals surface area contributed by atoms with Crippen LogP contribution in [0.4, 0.5) is 0 Å². The summed E-state index contributed by atoms with van der Waals surface area (Å²) in [5.41, 5.74) is 1.01. The molecule has 1 aliphatic heterocycles. The number of nitrogens with one attached hydrogen (secondary N) is 1. The van der Waals surface area contributed by atoms with Crippen LogP contribution in [0, 0.1) is 11.8 Å². The molecule has 3 rings (SSSR count). The van der Waals surface area contributed by atoms with E-state index in [4.69, 9.17) is 4.74 Å². The van der Waals surface area contributed by atoms with E-state index in [2.05, 4.69) is 5.32 Å². The molecule has 0 bridgehead atoms. The third kappa shape index (κ3) is 3.40. The monoisotopic (exact) mass is 330 g/mol. The topological polar surface area (TPSA) is 58.6 Å². The highest BCUT2D eigenvalue weighted by Crippen LogP contribution is 2.38. The Hall–Kier alpha value is -2.04. The Morgan fingerprint density at radius 3 is 2.54 bits per heavy atom. The molecule has 2 aliphatic rings. The van der Waals surface area contributed by atoms with Gasteiger partial charge in [0, 0.05) is 31.0 Å². The molecule has 0 spiro atoms. The van der Waals surface area contributed by atoms with Gasteiger partial charge in [-0.05, 0) is 24.5 Å². The molecule has 0 unspecified atom stereocenters. The van der Waals surface area contributed by atoms with Gasteiger partial charge in [-0.15, -0.1) is 0 Å². The molecule has 1 N–H and O–H groups in total. The molecule has 1 heterocycles. The molecule has 1 aromatic rings. The van der Waals surface area contributed by atoms with Gasteiger partial charge >= 0.3 is 0 Å². The summed E-state index contributed by atoms with van der Waals surface area (Å²) in [5.74, 6) is 0.649. The fraction of sp³-hybridized carbons (Fsp3) is 0.579. The van der Waals surface area contributed by atoms with E-state index in [1.165, 1.54) is 0 Å². The van der Waals surface area contributed by atoms with Gasteiger partial charge in [0.05, 0.1) is 13.0 Å². The van der Waals surface area contributed by atoms with Crippen molar-refractivity contribution in [2.24, 2.45) is 11.8 Å². The zero-order valence-electron chi connectivity index (χ0n) is 14.6. The largest absolute Gasteiger partial charge is 0.496 e. The fourth-order valence-electron chi connectivity index (χ4n) is 3.44. The normalized spacial score (nSPS) is 23.4. The predicted molar refractivity (Wildman–Crippen MR) is 91.8 cm³/mol. The summed E-state index contributed by atoms with van der Waals surface area (Å²) >= 11 is 0. The van der Waals surface area contributed by atoms with Crippen molar-refractivity contribution in [1.29, 1.82) is 0 Å². The maximum atomic E-state index is 12.7. The van der Waals surface area contributed by atoms with Gasteiger partial charge in [-0.2, -0.15) is 0 Å². The summed E-state index contributed by atoms with van der Waals surface area (Å²) in [5, 5.41) is 3.10. The van der Waals surface area contributed by atoms with Crippen LogP contribution in [-0.4, -0.2) is 43.0 Å². The third-order valence-corrected chi connectivity index (χ3v) is 4.92. The molecule has 0 radical (unpaired) electrons. The van der Waals surface area contributed by atoms with Crippen molar-refractivity contribution in [3.8, 4) is 5.75 Å². The van der Waals surface area contributed by atoms with Crippen molar-refractivity contribution in [2.45, 2.75) is 38.6 Å². The van der Waals surface area contributed by atoms with E-state index in [1.54, 1.807) is 7.11 Å². The summed E-state index contributed by atoms with van der Waals surface area (Å²) in [6.07, 6.45) is 2.12. The summed E-state index contributed by atoms with van der Waals surface area (Å²) in [6.45, 7) is 4.86. The van der Waals surface area contributed by atoms with Gasteiger partial charge in [0.2, 0.25) is 11.8 Å².